The van der Waals surface area contributed by atoms with Gasteiger partial charge in [-0.2, -0.15) is 0 Å². The van der Waals surface area contributed by atoms with Crippen LogP contribution in [0.2, 0.25) is 0 Å². The predicted octanol–water partition coefficient (Wildman–Crippen LogP) is -1.71. The Morgan fingerprint density at radius 3 is 1.33 bits per heavy atom. The maximum absolute atomic E-state index is 8.67. The molecule has 0 saturated heterocycles. The van der Waals surface area contributed by atoms with E-state index in [2.05, 4.69) is 0 Å². The summed E-state index contributed by atoms with van der Waals surface area (Å²) >= 11 is -3.69. The Morgan fingerprint density at radius 1 is 1.33 bits per heavy atom. The van der Waals surface area contributed by atoms with Crippen LogP contribution in [0.3, 0.4) is 0 Å². The fraction of sp³-hybridized carbons (Fsp3) is 0. The van der Waals surface area contributed by atoms with Crippen molar-refractivity contribution in [1.82, 2.24) is 0 Å². The minimum Gasteiger partial charge on any atom is 0 e. The Balaban J connectivity index is -0.0000000450. The second-order valence-electron chi connectivity index (χ2n) is 0.238. The molecular formula is H3CaO3VYb. The molecule has 0 aliphatic carbocycles. The van der Waals surface area contributed by atoms with Crippen LogP contribution in [-0.2, 0) is 22.7 Å². The second kappa shape index (κ2) is 10.8. The normalized spacial score (nSPS) is 4.17. The van der Waals surface area contributed by atoms with Crippen LogP contribution in [-0.4, -0.2) is 41.8 Å². The van der Waals surface area contributed by atoms with Gasteiger partial charge >= 0.3 is 64.5 Å². The molecule has 0 amide bonds. The fourth-order valence-corrected chi connectivity index (χ4v) is 0. The van der Waals surface area contributed by atoms with Crippen molar-refractivity contribution < 1.29 is 73.7 Å². The average Bonchev–Trinajstić information content (AvgIpc) is 0.811. The summed E-state index contributed by atoms with van der Waals surface area (Å²) in [5.41, 5.74) is 0. The van der Waals surface area contributed by atoms with Gasteiger partial charge in [0.15, 0.2) is 0 Å². The van der Waals surface area contributed by atoms with Crippen molar-refractivity contribution in [3.05, 3.63) is 0 Å². The monoisotopic (exact) mass is 316 g/mol. The van der Waals surface area contributed by atoms with E-state index in [-0.39, 0.29) is 84.7 Å². The molecule has 0 saturated carbocycles. The van der Waals surface area contributed by atoms with Gasteiger partial charge in [-0.1, -0.05) is 0 Å². The molecule has 0 aromatic carbocycles. The molecular weight excluding hydrogens is 312 g/mol. The molecule has 0 radical (unpaired) electrons. The van der Waals surface area contributed by atoms with Gasteiger partial charge in [-0.3, -0.25) is 0 Å². The van der Waals surface area contributed by atoms with E-state index in [0.29, 0.717) is 0 Å². The van der Waals surface area contributed by atoms with Gasteiger partial charge in [-0.25, -0.2) is 0 Å². The van der Waals surface area contributed by atoms with Crippen molar-refractivity contribution in [3.63, 3.8) is 0 Å². The zero-order valence-corrected chi connectivity index (χ0v) is 5.09. The summed E-state index contributed by atoms with van der Waals surface area (Å²) in [6, 6.07) is 0. The van der Waals surface area contributed by atoms with Crippen molar-refractivity contribution in [2.75, 3.05) is 0 Å². The van der Waals surface area contributed by atoms with Gasteiger partial charge in [0.1, 0.15) is 0 Å². The first kappa shape index (κ1) is 16.0. The Hall–Kier alpha value is 2.92. The van der Waals surface area contributed by atoms with Crippen LogP contribution in [0.15, 0.2) is 0 Å². The summed E-state index contributed by atoms with van der Waals surface area (Å²) in [6.45, 7) is 0. The maximum atomic E-state index is 8.67. The first-order valence-electron chi connectivity index (χ1n) is 0.565. The number of rotatable bonds is 0. The molecule has 0 aliphatic rings. The van der Waals surface area contributed by atoms with Crippen LogP contribution in [0, 0.1) is 46.9 Å². The summed E-state index contributed by atoms with van der Waals surface area (Å²) < 4.78 is 24.4. The fourth-order valence-electron chi connectivity index (χ4n) is 0. The molecule has 0 fully saturated rings. The van der Waals surface area contributed by atoms with Crippen molar-refractivity contribution in [2.24, 2.45) is 0 Å². The number of hydrogen-bond acceptors (Lipinski definition) is 2. The number of hydrogen-bond donors (Lipinski definition) is 1. The summed E-state index contributed by atoms with van der Waals surface area (Å²) in [4.78, 5) is 0. The van der Waals surface area contributed by atoms with Crippen molar-refractivity contribution in [1.29, 1.82) is 0 Å². The van der Waals surface area contributed by atoms with Gasteiger partial charge in [0.25, 0.3) is 0 Å². The van der Waals surface area contributed by atoms with E-state index in [4.69, 9.17) is 11.4 Å². The van der Waals surface area contributed by atoms with Crippen LogP contribution in [0.5, 0.6) is 0 Å². The third kappa shape index (κ3) is 28.4. The zero-order chi connectivity index (χ0) is 3.58. The maximum Gasteiger partial charge on any atom is 0 e. The van der Waals surface area contributed by atoms with Gasteiger partial charge in [0.2, 0.25) is 0 Å². The first-order valence-corrected chi connectivity index (χ1v) is 2.33. The van der Waals surface area contributed by atoms with E-state index >= 15 is 0 Å². The molecule has 0 bridgehead atoms. The molecule has 0 heterocycles. The van der Waals surface area contributed by atoms with Crippen molar-refractivity contribution >= 4 is 37.7 Å². The Labute approximate surface area is 108 Å². The van der Waals surface area contributed by atoms with Crippen LogP contribution in [0.1, 0.15) is 0 Å². The molecule has 0 spiro atoms. The van der Waals surface area contributed by atoms with E-state index in [9.17, 15) is 0 Å². The molecule has 1 N–H and O–H groups in total. The first-order chi connectivity index (χ1) is 1.73. The largest absolute Gasteiger partial charge is 0 e. The Kier molecular flexibility index (Phi) is 28.8. The third-order valence-corrected chi connectivity index (χ3v) is 0. The van der Waals surface area contributed by atoms with E-state index in [1.165, 1.54) is 0 Å². The summed E-state index contributed by atoms with van der Waals surface area (Å²) in [7, 11) is 0. The van der Waals surface area contributed by atoms with Crippen LogP contribution in [0.25, 0.3) is 0 Å². The SMILES string of the molecule is [CaH2].[O]=[V](=[O])[OH].[Yb]. The topological polar surface area (TPSA) is 54.4 Å². The minimum atomic E-state index is -3.69. The van der Waals surface area contributed by atoms with Gasteiger partial charge < -0.3 is 0 Å². The second-order valence-corrected chi connectivity index (χ2v) is 0.981. The van der Waals surface area contributed by atoms with Gasteiger partial charge in [-0.15, -0.1) is 0 Å². The van der Waals surface area contributed by atoms with E-state index in [1.54, 1.807) is 0 Å². The van der Waals surface area contributed by atoms with Gasteiger partial charge in [-0.05, 0) is 0 Å². The van der Waals surface area contributed by atoms with Crippen LogP contribution < -0.4 is 0 Å². The molecule has 6 heavy (non-hydrogen) atoms. The van der Waals surface area contributed by atoms with Crippen molar-refractivity contribution in [3.8, 4) is 0 Å². The average molecular weight is 315 g/mol. The van der Waals surface area contributed by atoms with Gasteiger partial charge in [0, 0.05) is 46.9 Å². The summed E-state index contributed by atoms with van der Waals surface area (Å²) in [5, 5.41) is 0. The van der Waals surface area contributed by atoms with Crippen molar-refractivity contribution in [2.45, 2.75) is 0 Å². The zero-order valence-electron chi connectivity index (χ0n) is 1.98. The van der Waals surface area contributed by atoms with Crippen LogP contribution >= 0.6 is 0 Å². The molecule has 0 unspecified atom stereocenters. The summed E-state index contributed by atoms with van der Waals surface area (Å²) in [5.74, 6) is 0. The Bertz CT molecular complexity index is 59.2. The predicted molar refractivity (Wildman–Crippen MR) is 12.1 cm³/mol. The molecule has 0 aromatic rings. The van der Waals surface area contributed by atoms with Crippen LogP contribution in [0.4, 0.5) is 0 Å². The molecule has 0 rings (SSSR count). The molecule has 6 heteroatoms. The quantitative estimate of drug-likeness (QED) is 0.542. The standard InChI is InChI=1S/Ca.H2O.2O.V.Yb.2H/h;1H2;;;;;;/q;;;;+1;;;/p-1. The minimum absolute atomic E-state index is 0. The molecule has 0 atom stereocenters. The smallest absolute Gasteiger partial charge is 0 e. The molecule has 0 aliphatic heterocycles. The molecule has 0 aromatic heterocycles. The molecule has 42 valence electrons. The summed E-state index contributed by atoms with van der Waals surface area (Å²) in [6.07, 6.45) is 0. The Morgan fingerprint density at radius 2 is 1.33 bits per heavy atom. The van der Waals surface area contributed by atoms with E-state index in [0.717, 1.165) is 0 Å². The van der Waals surface area contributed by atoms with E-state index in [1.807, 2.05) is 0 Å². The molecule has 3 nitrogen and oxygen atoms in total. The van der Waals surface area contributed by atoms with E-state index < -0.39 is 15.4 Å². The van der Waals surface area contributed by atoms with Gasteiger partial charge in [0.05, 0.1) is 0 Å². The third-order valence-electron chi connectivity index (χ3n) is 0.